The van der Waals surface area contributed by atoms with Crippen molar-refractivity contribution in [2.24, 2.45) is 5.92 Å². The molecule has 0 aromatic heterocycles. The summed E-state index contributed by atoms with van der Waals surface area (Å²) >= 11 is 1.24. The number of ether oxygens (including phenoxy) is 7. The van der Waals surface area contributed by atoms with Gasteiger partial charge in [-0.15, -0.1) is 11.8 Å². The van der Waals surface area contributed by atoms with Gasteiger partial charge in [-0.2, -0.15) is 0 Å². The molecule has 1 spiro atoms. The topological polar surface area (TPSA) is 153 Å². The fraction of sp³-hybridized carbons (Fsp3) is 0.594. The normalized spacial score (nSPS) is 35.2. The summed E-state index contributed by atoms with van der Waals surface area (Å²) in [5.41, 5.74) is 0.641. The van der Waals surface area contributed by atoms with E-state index in [0.717, 1.165) is 51.5 Å². The largest absolute Gasteiger partial charge is 0.484 e. The van der Waals surface area contributed by atoms with Gasteiger partial charge in [0.2, 0.25) is 0 Å². The summed E-state index contributed by atoms with van der Waals surface area (Å²) in [5.74, 6) is -2.52. The van der Waals surface area contributed by atoms with Crippen molar-refractivity contribution in [2.75, 3.05) is 20.7 Å². The van der Waals surface area contributed by atoms with Gasteiger partial charge in [-0.1, -0.05) is 18.2 Å². The van der Waals surface area contributed by atoms with Gasteiger partial charge in [0.05, 0.1) is 12.4 Å². The molecular formula is C32H37NO12S. The van der Waals surface area contributed by atoms with Crippen molar-refractivity contribution >= 4 is 41.6 Å². The molecule has 2 fully saturated rings. The Hall–Kier alpha value is -3.62. The van der Waals surface area contributed by atoms with E-state index in [1.807, 2.05) is 12.1 Å². The lowest BCUT2D eigenvalue weighted by Crippen LogP contribution is -2.65. The molecule has 0 N–H and O–H groups in total. The molecule has 0 saturated carbocycles. The van der Waals surface area contributed by atoms with E-state index in [2.05, 4.69) is 18.0 Å². The fourth-order valence-corrected chi connectivity index (χ4v) is 9.39. The SMILES string of the molecule is COC(=O)[C@H]1O[C@@H](S[C@@H]2C=C[C@H]3[C@H]4Cc5ccc(OC(C)=O)c6c5[C@@]3(CCN4C)[C@H]2O6)[C@H](OC(C)=O)[C@@H](OC(C)=O)[C@@H]1OC(C)=O. The first-order valence-electron chi connectivity index (χ1n) is 15.2. The molecule has 0 unspecified atom stereocenters. The number of likely N-dealkylation sites (tertiary alicyclic amines) is 1. The van der Waals surface area contributed by atoms with E-state index in [1.54, 1.807) is 6.07 Å². The van der Waals surface area contributed by atoms with Crippen LogP contribution in [-0.4, -0.2) is 103 Å². The van der Waals surface area contributed by atoms with Crippen LogP contribution in [0.2, 0.25) is 0 Å². The summed E-state index contributed by atoms with van der Waals surface area (Å²) in [7, 11) is 3.28. The lowest BCUT2D eigenvalue weighted by atomic mass is 9.53. The Morgan fingerprint density at radius 2 is 1.59 bits per heavy atom. The van der Waals surface area contributed by atoms with Gasteiger partial charge in [-0.05, 0) is 38.1 Å². The van der Waals surface area contributed by atoms with Gasteiger partial charge in [-0.25, -0.2) is 4.79 Å². The Labute approximate surface area is 270 Å². The Morgan fingerprint density at radius 3 is 2.24 bits per heavy atom. The number of carbonyl (C=O) groups is 5. The van der Waals surface area contributed by atoms with Crippen LogP contribution < -0.4 is 9.47 Å². The number of esters is 5. The Morgan fingerprint density at radius 1 is 0.913 bits per heavy atom. The van der Waals surface area contributed by atoms with Crippen LogP contribution in [0, 0.1) is 5.92 Å². The molecule has 5 aliphatic rings. The van der Waals surface area contributed by atoms with Gasteiger partial charge in [-0.3, -0.25) is 19.2 Å². The summed E-state index contributed by atoms with van der Waals surface area (Å²) in [5, 5.41) is -0.423. The molecule has 1 aromatic rings. The van der Waals surface area contributed by atoms with Crippen LogP contribution in [0.15, 0.2) is 24.3 Å². The second kappa shape index (κ2) is 12.2. The molecule has 1 aromatic carbocycles. The van der Waals surface area contributed by atoms with Crippen LogP contribution >= 0.6 is 11.8 Å². The van der Waals surface area contributed by atoms with Crippen LogP contribution in [0.4, 0.5) is 0 Å². The smallest absolute Gasteiger partial charge is 0.339 e. The van der Waals surface area contributed by atoms with Crippen molar-refractivity contribution in [1.29, 1.82) is 0 Å². The highest BCUT2D eigenvalue weighted by Gasteiger charge is 2.65. The number of benzene rings is 1. The maximum Gasteiger partial charge on any atom is 0.339 e. The van der Waals surface area contributed by atoms with E-state index in [-0.39, 0.29) is 12.0 Å². The van der Waals surface area contributed by atoms with Crippen molar-refractivity contribution in [3.8, 4) is 11.5 Å². The monoisotopic (exact) mass is 659 g/mol. The molecule has 2 aliphatic carbocycles. The highest BCUT2D eigenvalue weighted by Crippen LogP contribution is 2.64. The standard InChI is InChI=1S/C32H37NO12S/c1-14(34)40-21-9-7-18-13-20-19-8-10-22(29-32(19,11-12-33(20)5)23(18)24(21)44-29)46-31-28(43-17(4)37)26(42-16(3)36)25(41-15(2)35)27(45-31)30(38)39-6/h7-10,19-20,22,25-29,31H,11-13H2,1-6H3/t19-,20+,22+,25-,26-,27-,28+,29-,31-,32-/m0/s1. The van der Waals surface area contributed by atoms with Gasteiger partial charge >= 0.3 is 29.8 Å². The number of rotatable bonds is 7. The molecule has 3 heterocycles. The van der Waals surface area contributed by atoms with Crippen LogP contribution in [0.25, 0.3) is 0 Å². The first-order valence-corrected chi connectivity index (χ1v) is 16.1. The van der Waals surface area contributed by atoms with Crippen molar-refractivity contribution in [3.05, 3.63) is 35.4 Å². The first kappa shape index (κ1) is 32.3. The van der Waals surface area contributed by atoms with Crippen molar-refractivity contribution in [1.82, 2.24) is 4.90 Å². The maximum atomic E-state index is 13.0. The second-order valence-corrected chi connectivity index (χ2v) is 13.6. The number of carbonyl (C=O) groups excluding carboxylic acids is 5. The molecule has 248 valence electrons. The number of thioether (sulfide) groups is 1. The van der Waals surface area contributed by atoms with E-state index in [1.165, 1.54) is 25.6 Å². The number of hydrogen-bond acceptors (Lipinski definition) is 14. The third kappa shape index (κ3) is 5.33. The zero-order valence-corrected chi connectivity index (χ0v) is 27.2. The molecule has 0 amide bonds. The molecule has 0 radical (unpaired) electrons. The van der Waals surface area contributed by atoms with E-state index in [9.17, 15) is 24.0 Å². The van der Waals surface area contributed by atoms with Gasteiger partial charge in [0.15, 0.2) is 35.9 Å². The third-order valence-corrected chi connectivity index (χ3v) is 10.9. The summed E-state index contributed by atoms with van der Waals surface area (Å²) in [6.07, 6.45) is -0.236. The molecule has 6 rings (SSSR count). The quantitative estimate of drug-likeness (QED) is 0.181. The predicted octanol–water partition coefficient (Wildman–Crippen LogP) is 1.85. The number of nitrogens with zero attached hydrogens (tertiary/aromatic N) is 1. The molecule has 46 heavy (non-hydrogen) atoms. The summed E-state index contributed by atoms with van der Waals surface area (Å²) in [6, 6.07) is 4.01. The van der Waals surface area contributed by atoms with E-state index in [0.29, 0.717) is 11.5 Å². The van der Waals surface area contributed by atoms with Crippen LogP contribution in [0.1, 0.15) is 45.2 Å². The van der Waals surface area contributed by atoms with Crippen LogP contribution in [0.5, 0.6) is 11.5 Å². The minimum absolute atomic E-state index is 0.107. The number of piperidine rings is 1. The second-order valence-electron chi connectivity index (χ2n) is 12.3. The Kier molecular flexibility index (Phi) is 8.57. The van der Waals surface area contributed by atoms with Crippen molar-refractivity contribution in [2.45, 2.75) is 93.2 Å². The number of hydrogen-bond donors (Lipinski definition) is 0. The molecule has 14 heteroatoms. The average Bonchev–Trinajstić information content (AvgIpc) is 3.33. The van der Waals surface area contributed by atoms with Crippen LogP contribution in [0.3, 0.4) is 0 Å². The summed E-state index contributed by atoms with van der Waals surface area (Å²) in [6.45, 7) is 5.65. The summed E-state index contributed by atoms with van der Waals surface area (Å²) in [4.78, 5) is 64.2. The summed E-state index contributed by atoms with van der Waals surface area (Å²) < 4.78 is 40.3. The van der Waals surface area contributed by atoms with Gasteiger partial charge in [0.1, 0.15) is 11.5 Å². The first-order chi connectivity index (χ1) is 21.8. The maximum absolute atomic E-state index is 13.0. The fourth-order valence-electron chi connectivity index (χ4n) is 7.91. The molecule has 13 nitrogen and oxygen atoms in total. The van der Waals surface area contributed by atoms with E-state index >= 15 is 0 Å². The minimum atomic E-state index is -1.49. The van der Waals surface area contributed by atoms with Gasteiger partial charge < -0.3 is 38.1 Å². The molecule has 2 bridgehead atoms. The molecule has 10 atom stereocenters. The third-order valence-electron chi connectivity index (χ3n) is 9.49. The average molecular weight is 660 g/mol. The Balaban J connectivity index is 1.42. The van der Waals surface area contributed by atoms with E-state index < -0.39 is 76.5 Å². The minimum Gasteiger partial charge on any atom is -0.484 e. The lowest BCUT2D eigenvalue weighted by Gasteiger charge is -2.57. The zero-order valence-electron chi connectivity index (χ0n) is 26.4. The lowest BCUT2D eigenvalue weighted by molar-refractivity contribution is -0.235. The highest BCUT2D eigenvalue weighted by atomic mass is 32.2. The zero-order chi connectivity index (χ0) is 33.1. The number of methoxy groups -OCH3 is 1. The predicted molar refractivity (Wildman–Crippen MR) is 160 cm³/mol. The Bertz CT molecular complexity index is 1500. The van der Waals surface area contributed by atoms with Crippen LogP contribution in [-0.2, 0) is 59.5 Å². The van der Waals surface area contributed by atoms with Gasteiger partial charge in [0, 0.05) is 50.6 Å². The molecular weight excluding hydrogens is 622 g/mol. The molecule has 2 saturated heterocycles. The number of likely N-dealkylation sites (N-methyl/N-ethyl adjacent to an activating group) is 1. The van der Waals surface area contributed by atoms with Crippen molar-refractivity contribution in [3.63, 3.8) is 0 Å². The van der Waals surface area contributed by atoms with Gasteiger partial charge in [0.25, 0.3) is 0 Å². The van der Waals surface area contributed by atoms with Crippen molar-refractivity contribution < 1.29 is 57.1 Å². The van der Waals surface area contributed by atoms with E-state index in [4.69, 9.17) is 33.2 Å². The highest BCUT2D eigenvalue weighted by molar-refractivity contribution is 8.00. The molecule has 3 aliphatic heterocycles.